The van der Waals surface area contributed by atoms with Gasteiger partial charge in [-0.3, -0.25) is 0 Å². The molecule has 4 aromatic heterocycles. The third kappa shape index (κ3) is 12.1. The van der Waals surface area contributed by atoms with E-state index in [9.17, 15) is 10.0 Å². The number of rotatable bonds is 10. The van der Waals surface area contributed by atoms with Gasteiger partial charge >= 0.3 is 7.12 Å². The average molecular weight is 1230 g/mol. The number of hydrogen-bond acceptors (Lipinski definition) is 8. The highest BCUT2D eigenvalue weighted by Crippen LogP contribution is 2.38. The van der Waals surface area contributed by atoms with E-state index in [1.54, 1.807) is 12.1 Å². The first-order chi connectivity index (χ1) is 44.3. The molecular formula is C80H54BBrN4O4. The van der Waals surface area contributed by atoms with E-state index in [4.69, 9.17) is 28.8 Å². The van der Waals surface area contributed by atoms with Gasteiger partial charge in [0.25, 0.3) is 0 Å². The molecule has 0 fully saturated rings. The number of para-hydroxylation sites is 4. The highest BCUT2D eigenvalue weighted by molar-refractivity contribution is 9.10. The fraction of sp³-hybridized carbons (Fsp3) is 0. The van der Waals surface area contributed by atoms with Crippen LogP contribution in [0.1, 0.15) is 0 Å². The largest absolute Gasteiger partial charge is 0.492 e. The minimum absolute atomic E-state index is 0.397. The number of nitrogens with zero attached hydrogens (tertiary/aromatic N) is 4. The predicted octanol–water partition coefficient (Wildman–Crippen LogP) is 19.9. The van der Waals surface area contributed by atoms with Gasteiger partial charge in [-0.2, -0.15) is 0 Å². The molecule has 0 bridgehead atoms. The zero-order chi connectivity index (χ0) is 60.8. The molecule has 12 aromatic carbocycles. The number of fused-ring (bicyclic) bond motifs is 6. The van der Waals surface area contributed by atoms with E-state index < -0.39 is 7.12 Å². The molecule has 0 saturated carbocycles. The van der Waals surface area contributed by atoms with E-state index in [0.29, 0.717) is 16.9 Å². The van der Waals surface area contributed by atoms with Crippen molar-refractivity contribution < 1.29 is 18.9 Å². The highest BCUT2D eigenvalue weighted by atomic mass is 79.9. The summed E-state index contributed by atoms with van der Waals surface area (Å²) in [7, 11) is -1.51. The van der Waals surface area contributed by atoms with E-state index in [0.717, 1.165) is 116 Å². The molecule has 8 nitrogen and oxygen atoms in total. The van der Waals surface area contributed by atoms with E-state index >= 15 is 0 Å². The molecule has 16 rings (SSSR count). The Balaban J connectivity index is 0.000000130. The first-order valence-corrected chi connectivity index (χ1v) is 30.4. The summed E-state index contributed by atoms with van der Waals surface area (Å²) in [6, 6.07) is 107. The van der Waals surface area contributed by atoms with Crippen molar-refractivity contribution in [1.29, 1.82) is 0 Å². The van der Waals surface area contributed by atoms with Crippen molar-refractivity contribution in [3.8, 4) is 101 Å². The van der Waals surface area contributed by atoms with Crippen molar-refractivity contribution >= 4 is 72.4 Å². The van der Waals surface area contributed by atoms with E-state index in [-0.39, 0.29) is 0 Å². The Morgan fingerprint density at radius 2 is 0.578 bits per heavy atom. The summed E-state index contributed by atoms with van der Waals surface area (Å²) in [5.74, 6) is 1.43. The average Bonchev–Trinajstić information content (AvgIpc) is 1.82. The maximum atomic E-state index is 9.24. The molecule has 2 N–H and O–H groups in total. The van der Waals surface area contributed by atoms with Crippen LogP contribution in [0.25, 0.3) is 145 Å². The predicted molar refractivity (Wildman–Crippen MR) is 372 cm³/mol. The molecule has 0 spiro atoms. The number of aromatic nitrogens is 4. The second-order valence-corrected chi connectivity index (χ2v) is 22.5. The lowest BCUT2D eigenvalue weighted by atomic mass is 9.79. The quantitative estimate of drug-likeness (QED) is 0.130. The number of hydrogen-bond donors (Lipinski definition) is 2. The van der Waals surface area contributed by atoms with Gasteiger partial charge in [-0.05, 0) is 64.2 Å². The molecule has 0 saturated heterocycles. The number of halogens is 1. The van der Waals surface area contributed by atoms with Crippen LogP contribution in [-0.2, 0) is 0 Å². The van der Waals surface area contributed by atoms with Crippen LogP contribution in [0.2, 0.25) is 0 Å². The third-order valence-electron chi connectivity index (χ3n) is 15.8. The van der Waals surface area contributed by atoms with Crippen molar-refractivity contribution in [2.45, 2.75) is 0 Å². The van der Waals surface area contributed by atoms with Crippen LogP contribution < -0.4 is 5.46 Å². The highest BCUT2D eigenvalue weighted by Gasteiger charge is 2.20. The molecule has 90 heavy (non-hydrogen) atoms. The Hall–Kier alpha value is -11.1. The summed E-state index contributed by atoms with van der Waals surface area (Å²) in [5.41, 5.74) is 20.2. The summed E-state index contributed by atoms with van der Waals surface area (Å²) in [6.07, 6.45) is 0. The Bertz CT molecular complexity index is 5130. The molecule has 0 aliphatic rings. The summed E-state index contributed by atoms with van der Waals surface area (Å²) in [4.78, 5) is 19.8. The zero-order valence-corrected chi connectivity index (χ0v) is 50.1. The smallest absolute Gasteiger partial charge is 0.456 e. The van der Waals surface area contributed by atoms with Gasteiger partial charge < -0.3 is 18.9 Å². The summed E-state index contributed by atoms with van der Waals surface area (Å²) >= 11 is 3.51. The van der Waals surface area contributed by atoms with Gasteiger partial charge in [-0.25, -0.2) is 19.9 Å². The summed E-state index contributed by atoms with van der Waals surface area (Å²) < 4.78 is 13.0. The molecule has 16 aromatic rings. The molecule has 0 unspecified atom stereocenters. The Labute approximate surface area is 529 Å². The first kappa shape index (κ1) is 56.7. The van der Waals surface area contributed by atoms with Crippen molar-refractivity contribution in [2.75, 3.05) is 0 Å². The second kappa shape index (κ2) is 25.7. The van der Waals surface area contributed by atoms with Crippen LogP contribution in [0.4, 0.5) is 0 Å². The van der Waals surface area contributed by atoms with Crippen molar-refractivity contribution in [2.24, 2.45) is 0 Å². The zero-order valence-electron chi connectivity index (χ0n) is 48.5. The van der Waals surface area contributed by atoms with E-state index in [2.05, 4.69) is 204 Å². The maximum Gasteiger partial charge on any atom is 0.492 e. The molecule has 0 aliphatic carbocycles. The van der Waals surface area contributed by atoms with E-state index in [1.807, 2.05) is 115 Å². The molecule has 0 atom stereocenters. The SMILES string of the molecule is Brc1ccc(-c2cc(-c3ccc(-c4ccccc4)cc3)nc(-c3ccccc3)n2)cc1.OB(O)c1cccc2c1oc1ccccc12.c1ccc(-c2ccc(-c3cc(-c4ccc(-c5cccc6c5oc5ccccc56)cc4)nc(-c4ccccc4)n3)cc2)cc1. The lowest BCUT2D eigenvalue weighted by molar-refractivity contribution is 0.425. The minimum Gasteiger partial charge on any atom is -0.456 e. The fourth-order valence-electron chi connectivity index (χ4n) is 11.2. The lowest BCUT2D eigenvalue weighted by Gasteiger charge is -2.11. The Morgan fingerprint density at radius 3 is 1.00 bits per heavy atom. The number of benzene rings is 12. The van der Waals surface area contributed by atoms with Gasteiger partial charge in [-0.15, -0.1) is 0 Å². The van der Waals surface area contributed by atoms with Crippen molar-refractivity contribution in [3.63, 3.8) is 0 Å². The molecule has 10 heteroatoms. The third-order valence-corrected chi connectivity index (χ3v) is 16.4. The fourth-order valence-corrected chi connectivity index (χ4v) is 11.5. The number of furan rings is 2. The van der Waals surface area contributed by atoms with Gasteiger partial charge in [-0.1, -0.05) is 295 Å². The van der Waals surface area contributed by atoms with Crippen LogP contribution in [0, 0.1) is 0 Å². The second-order valence-electron chi connectivity index (χ2n) is 21.6. The van der Waals surface area contributed by atoms with Crippen LogP contribution in [-0.4, -0.2) is 37.1 Å². The topological polar surface area (TPSA) is 118 Å². The first-order valence-electron chi connectivity index (χ1n) is 29.6. The lowest BCUT2D eigenvalue weighted by Crippen LogP contribution is -2.29. The Kier molecular flexibility index (Phi) is 16.2. The molecular weight excluding hydrogens is 1170 g/mol. The van der Waals surface area contributed by atoms with Crippen LogP contribution in [0.5, 0.6) is 0 Å². The summed E-state index contributed by atoms with van der Waals surface area (Å²) in [6.45, 7) is 0. The molecule has 4 heterocycles. The molecule has 0 aliphatic heterocycles. The van der Waals surface area contributed by atoms with Crippen LogP contribution in [0.15, 0.2) is 329 Å². The maximum absolute atomic E-state index is 9.24. The van der Waals surface area contributed by atoms with Crippen LogP contribution >= 0.6 is 15.9 Å². The summed E-state index contributed by atoms with van der Waals surface area (Å²) in [5, 5.41) is 22.6. The van der Waals surface area contributed by atoms with Gasteiger partial charge in [0.2, 0.25) is 0 Å². The Morgan fingerprint density at radius 1 is 0.267 bits per heavy atom. The van der Waals surface area contributed by atoms with Crippen molar-refractivity contribution in [3.05, 3.63) is 320 Å². The van der Waals surface area contributed by atoms with Gasteiger partial charge in [0.1, 0.15) is 22.3 Å². The molecule has 428 valence electrons. The van der Waals surface area contributed by atoms with Gasteiger partial charge in [0, 0.05) is 70.4 Å². The normalized spacial score (nSPS) is 11.1. The standard InChI is InChI=1S/C40H26N2O.C28H19BrN2.C12H9BO3/c1-3-10-27(11-4-1)28-18-22-30(23-19-28)36-26-37(42-40(41-36)32-12-5-2-6-13-32)31-24-20-29(21-25-31)33-15-9-16-35-34-14-7-8-17-38(34)43-39(33)35;29-25-17-15-23(16-18-25)27-19-26(30-28(31-27)24-9-5-2-6-10-24)22-13-11-21(12-14-22)20-7-3-1-4-8-20;14-13(15)10-6-3-5-9-8-4-1-2-7-11(8)16-12(9)10/h1-26H;1-19H;1-7,14-15H. The minimum atomic E-state index is -1.51. The molecule has 0 radical (unpaired) electrons. The van der Waals surface area contributed by atoms with Gasteiger partial charge in [0.05, 0.1) is 22.8 Å². The van der Waals surface area contributed by atoms with Crippen LogP contribution in [0.3, 0.4) is 0 Å². The van der Waals surface area contributed by atoms with Gasteiger partial charge in [0.15, 0.2) is 11.6 Å². The monoisotopic (exact) mass is 1220 g/mol. The van der Waals surface area contributed by atoms with E-state index in [1.165, 1.54) is 22.3 Å². The molecule has 0 amide bonds. The van der Waals surface area contributed by atoms with Crippen molar-refractivity contribution in [1.82, 2.24) is 19.9 Å².